The molecule has 2 amide bonds. The third-order valence-corrected chi connectivity index (χ3v) is 8.66. The van der Waals surface area contributed by atoms with Gasteiger partial charge in [0.15, 0.2) is 9.84 Å². The van der Waals surface area contributed by atoms with E-state index in [1.807, 2.05) is 6.92 Å². The topological polar surface area (TPSA) is 92.3 Å². The SMILES string of the molecule is Cc1ccc(S(=O)(=O)C(CNC(=O)C(=O)NC2CCCCCC2)c2cccs2)cc1. The van der Waals surface area contributed by atoms with Crippen LogP contribution in [0, 0.1) is 6.92 Å². The fourth-order valence-corrected chi connectivity index (χ4v) is 6.45. The molecule has 0 spiro atoms. The second-order valence-electron chi connectivity index (χ2n) is 7.73. The average molecular weight is 449 g/mol. The monoisotopic (exact) mass is 448 g/mol. The number of aryl methyl sites for hydroxylation is 1. The minimum atomic E-state index is -3.73. The molecule has 1 aromatic heterocycles. The van der Waals surface area contributed by atoms with Gasteiger partial charge in [-0.2, -0.15) is 0 Å². The zero-order valence-electron chi connectivity index (χ0n) is 17.1. The maximum atomic E-state index is 13.2. The Morgan fingerprint density at radius 3 is 2.30 bits per heavy atom. The lowest BCUT2D eigenvalue weighted by Crippen LogP contribution is -2.45. The lowest BCUT2D eigenvalue weighted by atomic mass is 10.1. The largest absolute Gasteiger partial charge is 0.346 e. The molecule has 0 radical (unpaired) electrons. The summed E-state index contributed by atoms with van der Waals surface area (Å²) >= 11 is 1.32. The molecular formula is C22H28N2O4S2. The van der Waals surface area contributed by atoms with Gasteiger partial charge in [0.1, 0.15) is 5.25 Å². The number of carbonyl (C=O) groups excluding carboxylic acids is 2. The third kappa shape index (κ3) is 5.70. The van der Waals surface area contributed by atoms with E-state index in [1.165, 1.54) is 11.3 Å². The van der Waals surface area contributed by atoms with Crippen LogP contribution < -0.4 is 10.6 Å². The maximum Gasteiger partial charge on any atom is 0.309 e. The van der Waals surface area contributed by atoms with Crippen LogP contribution in [0.1, 0.15) is 54.2 Å². The Morgan fingerprint density at radius 1 is 1.03 bits per heavy atom. The van der Waals surface area contributed by atoms with Gasteiger partial charge in [0, 0.05) is 17.5 Å². The Balaban J connectivity index is 1.69. The number of sulfone groups is 1. The molecular weight excluding hydrogens is 420 g/mol. The second kappa shape index (κ2) is 10.2. The summed E-state index contributed by atoms with van der Waals surface area (Å²) in [5.74, 6) is -1.49. The van der Waals surface area contributed by atoms with Crippen LogP contribution in [0.25, 0.3) is 0 Å². The summed E-state index contributed by atoms with van der Waals surface area (Å²) in [6.07, 6.45) is 6.14. The quantitative estimate of drug-likeness (QED) is 0.522. The van der Waals surface area contributed by atoms with Gasteiger partial charge < -0.3 is 10.6 Å². The lowest BCUT2D eigenvalue weighted by molar-refractivity contribution is -0.139. The van der Waals surface area contributed by atoms with Gasteiger partial charge in [0.2, 0.25) is 0 Å². The van der Waals surface area contributed by atoms with E-state index in [4.69, 9.17) is 0 Å². The van der Waals surface area contributed by atoms with E-state index < -0.39 is 26.9 Å². The predicted molar refractivity (Wildman–Crippen MR) is 118 cm³/mol. The van der Waals surface area contributed by atoms with E-state index in [0.29, 0.717) is 4.88 Å². The molecule has 1 aliphatic carbocycles. The molecule has 0 bridgehead atoms. The van der Waals surface area contributed by atoms with Crippen molar-refractivity contribution < 1.29 is 18.0 Å². The zero-order chi connectivity index (χ0) is 21.6. The maximum absolute atomic E-state index is 13.2. The number of thiophene rings is 1. The van der Waals surface area contributed by atoms with Crippen LogP contribution in [0.5, 0.6) is 0 Å². The Bertz CT molecular complexity index is 946. The summed E-state index contributed by atoms with van der Waals surface area (Å²) < 4.78 is 26.5. The van der Waals surface area contributed by atoms with Crippen molar-refractivity contribution in [3.63, 3.8) is 0 Å². The van der Waals surface area contributed by atoms with Gasteiger partial charge in [-0.05, 0) is 43.3 Å². The van der Waals surface area contributed by atoms with Crippen molar-refractivity contribution >= 4 is 33.0 Å². The number of hydrogen-bond acceptors (Lipinski definition) is 5. The number of carbonyl (C=O) groups is 2. The molecule has 30 heavy (non-hydrogen) atoms. The van der Waals surface area contributed by atoms with Crippen LogP contribution in [0.4, 0.5) is 0 Å². The molecule has 0 aliphatic heterocycles. The number of hydrogen-bond donors (Lipinski definition) is 2. The van der Waals surface area contributed by atoms with E-state index in [9.17, 15) is 18.0 Å². The predicted octanol–water partition coefficient (Wildman–Crippen LogP) is 3.53. The fourth-order valence-electron chi connectivity index (χ4n) is 3.67. The van der Waals surface area contributed by atoms with Gasteiger partial charge in [-0.25, -0.2) is 8.42 Å². The average Bonchev–Trinajstić information content (AvgIpc) is 3.12. The molecule has 1 aromatic carbocycles. The van der Waals surface area contributed by atoms with E-state index in [2.05, 4.69) is 10.6 Å². The Kier molecular flexibility index (Phi) is 7.66. The van der Waals surface area contributed by atoms with Crippen LogP contribution in [-0.2, 0) is 19.4 Å². The fraction of sp³-hybridized carbons (Fsp3) is 0.455. The summed E-state index contributed by atoms with van der Waals surface area (Å²) in [5, 5.41) is 6.19. The summed E-state index contributed by atoms with van der Waals surface area (Å²) in [5.41, 5.74) is 0.963. The second-order valence-corrected chi connectivity index (χ2v) is 10.8. The van der Waals surface area contributed by atoms with Crippen molar-refractivity contribution in [3.05, 3.63) is 52.2 Å². The highest BCUT2D eigenvalue weighted by molar-refractivity contribution is 7.91. The minimum absolute atomic E-state index is 0.00938. The molecule has 3 rings (SSSR count). The molecule has 162 valence electrons. The Labute approximate surface area is 182 Å². The van der Waals surface area contributed by atoms with Crippen molar-refractivity contribution in [2.75, 3.05) is 6.54 Å². The molecule has 6 nitrogen and oxygen atoms in total. The van der Waals surface area contributed by atoms with Crippen molar-refractivity contribution in [2.45, 2.75) is 61.6 Å². The normalized spacial score (nSPS) is 16.4. The van der Waals surface area contributed by atoms with Crippen molar-refractivity contribution in [1.29, 1.82) is 0 Å². The van der Waals surface area contributed by atoms with Crippen LogP contribution in [0.3, 0.4) is 0 Å². The standard InChI is InChI=1S/C22H28N2O4S2/c1-16-10-12-18(13-11-16)30(27,28)20(19-9-6-14-29-19)15-23-21(25)22(26)24-17-7-4-2-3-5-8-17/h6,9-14,17,20H,2-5,7-8,15H2,1H3,(H,23,25)(H,24,26). The minimum Gasteiger partial charge on any atom is -0.346 e. The highest BCUT2D eigenvalue weighted by atomic mass is 32.2. The molecule has 2 N–H and O–H groups in total. The van der Waals surface area contributed by atoms with Crippen LogP contribution in [0.15, 0.2) is 46.7 Å². The van der Waals surface area contributed by atoms with Crippen molar-refractivity contribution in [3.8, 4) is 0 Å². The first kappa shape index (κ1) is 22.5. The Morgan fingerprint density at radius 2 is 1.70 bits per heavy atom. The van der Waals surface area contributed by atoms with Gasteiger partial charge in [-0.15, -0.1) is 11.3 Å². The highest BCUT2D eigenvalue weighted by Crippen LogP contribution is 2.31. The smallest absolute Gasteiger partial charge is 0.309 e. The highest BCUT2D eigenvalue weighted by Gasteiger charge is 2.31. The van der Waals surface area contributed by atoms with Crippen molar-refractivity contribution in [1.82, 2.24) is 10.6 Å². The van der Waals surface area contributed by atoms with Crippen LogP contribution in [-0.4, -0.2) is 32.8 Å². The van der Waals surface area contributed by atoms with E-state index in [1.54, 1.807) is 41.8 Å². The van der Waals surface area contributed by atoms with Gasteiger partial charge in [0.05, 0.1) is 4.90 Å². The first-order valence-corrected chi connectivity index (χ1v) is 12.7. The summed E-state index contributed by atoms with van der Waals surface area (Å²) in [7, 11) is -3.73. The Hall–Kier alpha value is -2.19. The molecule has 8 heteroatoms. The summed E-state index contributed by atoms with van der Waals surface area (Å²) in [6, 6.07) is 10.2. The molecule has 1 fully saturated rings. The van der Waals surface area contributed by atoms with Gasteiger partial charge in [-0.1, -0.05) is 49.4 Å². The molecule has 1 atom stereocenters. The zero-order valence-corrected chi connectivity index (χ0v) is 18.7. The van der Waals surface area contributed by atoms with Crippen molar-refractivity contribution in [2.24, 2.45) is 0 Å². The van der Waals surface area contributed by atoms with Gasteiger partial charge >= 0.3 is 11.8 Å². The van der Waals surface area contributed by atoms with Crippen LogP contribution >= 0.6 is 11.3 Å². The lowest BCUT2D eigenvalue weighted by Gasteiger charge is -2.19. The third-order valence-electron chi connectivity index (χ3n) is 5.43. The molecule has 1 heterocycles. The number of rotatable bonds is 6. The molecule has 2 aromatic rings. The first-order valence-electron chi connectivity index (χ1n) is 10.3. The number of benzene rings is 1. The number of amides is 2. The van der Waals surface area contributed by atoms with E-state index >= 15 is 0 Å². The summed E-state index contributed by atoms with van der Waals surface area (Å²) in [4.78, 5) is 25.5. The van der Waals surface area contributed by atoms with E-state index in [0.717, 1.165) is 44.1 Å². The molecule has 1 saturated carbocycles. The molecule has 1 unspecified atom stereocenters. The first-order chi connectivity index (χ1) is 14.4. The molecule has 0 saturated heterocycles. The van der Waals surface area contributed by atoms with Crippen LogP contribution in [0.2, 0.25) is 0 Å². The van der Waals surface area contributed by atoms with E-state index in [-0.39, 0.29) is 17.5 Å². The van der Waals surface area contributed by atoms with Gasteiger partial charge in [-0.3, -0.25) is 9.59 Å². The number of nitrogens with one attached hydrogen (secondary N) is 2. The summed E-state index contributed by atoms with van der Waals surface area (Å²) in [6.45, 7) is 1.73. The molecule has 1 aliphatic rings. The van der Waals surface area contributed by atoms with Gasteiger partial charge in [0.25, 0.3) is 0 Å².